The average molecular weight is 585 g/mol. The smallest absolute Gasteiger partial charge is 0.487 e. The molecule has 11 heteroatoms. The van der Waals surface area contributed by atoms with Crippen LogP contribution in [0.2, 0.25) is 0 Å². The van der Waals surface area contributed by atoms with Gasteiger partial charge in [-0.2, -0.15) is 13.2 Å². The van der Waals surface area contributed by atoms with Gasteiger partial charge >= 0.3 is 12.1 Å². The zero-order valence-electron chi connectivity index (χ0n) is 23.8. The molecule has 2 saturated heterocycles. The molecule has 3 aromatic rings. The normalized spacial score (nSPS) is 19.5. The number of carboxylic acid groups (broad SMARTS) is 1. The lowest BCUT2D eigenvalue weighted by molar-refractivity contribution is -0.192. The van der Waals surface area contributed by atoms with Gasteiger partial charge in [0, 0.05) is 43.2 Å². The van der Waals surface area contributed by atoms with Gasteiger partial charge in [0.05, 0.1) is 0 Å². The predicted molar refractivity (Wildman–Crippen MR) is 150 cm³/mol. The van der Waals surface area contributed by atoms with Crippen LogP contribution in [0.4, 0.5) is 13.2 Å². The molecule has 1 amide bonds. The second kappa shape index (κ2) is 11.5. The minimum absolute atomic E-state index is 0.0331. The van der Waals surface area contributed by atoms with Crippen molar-refractivity contribution in [2.45, 2.75) is 64.3 Å². The van der Waals surface area contributed by atoms with E-state index in [1.165, 1.54) is 24.0 Å². The molecule has 8 nitrogen and oxygen atoms in total. The van der Waals surface area contributed by atoms with Crippen molar-refractivity contribution >= 4 is 22.9 Å². The molecule has 1 N–H and O–H groups in total. The number of rotatable bonds is 3. The molecule has 1 aromatic carbocycles. The summed E-state index contributed by atoms with van der Waals surface area (Å²) in [5.41, 5.74) is 4.06. The molecule has 0 aliphatic carbocycles. The molecule has 3 aliphatic heterocycles. The van der Waals surface area contributed by atoms with Crippen LogP contribution in [-0.2, 0) is 17.8 Å². The lowest BCUT2D eigenvalue weighted by Gasteiger charge is -2.47. The third-order valence-electron chi connectivity index (χ3n) is 8.52. The Hall–Kier alpha value is -3.73. The fraction of sp³-hybridized carbons (Fsp3) is 0.484. The number of amides is 1. The summed E-state index contributed by atoms with van der Waals surface area (Å²) in [6.45, 7) is 9.15. The molecular formula is C31H35F3N4O4. The molecule has 224 valence electrons. The summed E-state index contributed by atoms with van der Waals surface area (Å²) in [6.07, 6.45) is 2.19. The number of alkyl halides is 3. The van der Waals surface area contributed by atoms with E-state index in [0.717, 1.165) is 63.1 Å². The number of hydrogen-bond acceptors (Lipinski definition) is 6. The Morgan fingerprint density at radius 3 is 2.31 bits per heavy atom. The van der Waals surface area contributed by atoms with E-state index in [1.54, 1.807) is 6.20 Å². The third kappa shape index (κ3) is 6.67. The number of para-hydroxylation sites is 1. The second-order valence-electron chi connectivity index (χ2n) is 12.1. The Morgan fingerprint density at radius 1 is 0.976 bits per heavy atom. The molecule has 2 aromatic heterocycles. The molecule has 2 fully saturated rings. The third-order valence-corrected chi connectivity index (χ3v) is 8.52. The Morgan fingerprint density at radius 2 is 1.64 bits per heavy atom. The maximum Gasteiger partial charge on any atom is 0.490 e. The van der Waals surface area contributed by atoms with Crippen LogP contribution in [0.5, 0.6) is 5.75 Å². The van der Waals surface area contributed by atoms with E-state index in [4.69, 9.17) is 14.6 Å². The number of benzene rings is 1. The lowest BCUT2D eigenvalue weighted by Crippen LogP contribution is -2.48. The SMILES string of the molecule is CC1(C)Cc2cccc(CN3CCC4(CC3)CCN(C(=O)c3ccc5cccnc5n3)CC4)c2O1.O=C(O)C(F)(F)F. The summed E-state index contributed by atoms with van der Waals surface area (Å²) in [5, 5.41) is 8.09. The monoisotopic (exact) mass is 584 g/mol. The minimum atomic E-state index is -5.08. The van der Waals surface area contributed by atoms with Gasteiger partial charge in [-0.25, -0.2) is 14.8 Å². The van der Waals surface area contributed by atoms with Crippen LogP contribution >= 0.6 is 0 Å². The highest BCUT2D eigenvalue weighted by Crippen LogP contribution is 2.43. The second-order valence-corrected chi connectivity index (χ2v) is 12.1. The number of hydrogen-bond donors (Lipinski definition) is 1. The number of carboxylic acids is 1. The molecule has 5 heterocycles. The van der Waals surface area contributed by atoms with Crippen LogP contribution in [0.25, 0.3) is 11.0 Å². The van der Waals surface area contributed by atoms with Crippen LogP contribution < -0.4 is 4.74 Å². The van der Waals surface area contributed by atoms with Crippen LogP contribution in [0, 0.1) is 5.41 Å². The maximum atomic E-state index is 13.1. The average Bonchev–Trinajstić information content (AvgIpc) is 3.29. The van der Waals surface area contributed by atoms with E-state index in [9.17, 15) is 18.0 Å². The fourth-order valence-electron chi connectivity index (χ4n) is 6.15. The highest BCUT2D eigenvalue weighted by molar-refractivity contribution is 5.94. The van der Waals surface area contributed by atoms with Crippen molar-refractivity contribution in [3.05, 3.63) is 65.5 Å². The Labute approximate surface area is 242 Å². The van der Waals surface area contributed by atoms with E-state index in [-0.39, 0.29) is 11.5 Å². The fourth-order valence-corrected chi connectivity index (χ4v) is 6.15. The first-order valence-corrected chi connectivity index (χ1v) is 14.2. The van der Waals surface area contributed by atoms with E-state index in [1.807, 2.05) is 29.2 Å². The quantitative estimate of drug-likeness (QED) is 0.435. The number of carbonyl (C=O) groups excluding carboxylic acids is 1. The van der Waals surface area contributed by atoms with Gasteiger partial charge in [-0.1, -0.05) is 18.2 Å². The van der Waals surface area contributed by atoms with Crippen LogP contribution in [0.15, 0.2) is 48.7 Å². The largest absolute Gasteiger partial charge is 0.490 e. The van der Waals surface area contributed by atoms with E-state index >= 15 is 0 Å². The topological polar surface area (TPSA) is 95.9 Å². The number of pyridine rings is 2. The van der Waals surface area contributed by atoms with Gasteiger partial charge in [-0.05, 0) is 87.9 Å². The van der Waals surface area contributed by atoms with Crippen molar-refractivity contribution < 1.29 is 32.6 Å². The number of ether oxygens (including phenoxy) is 1. The first kappa shape index (κ1) is 29.8. The number of fused-ring (bicyclic) bond motifs is 2. The maximum absolute atomic E-state index is 13.1. The van der Waals surface area contributed by atoms with Crippen LogP contribution in [0.1, 0.15) is 61.1 Å². The van der Waals surface area contributed by atoms with Crippen LogP contribution in [-0.4, -0.2) is 74.7 Å². The summed E-state index contributed by atoms with van der Waals surface area (Å²) >= 11 is 0. The predicted octanol–water partition coefficient (Wildman–Crippen LogP) is 5.50. The highest BCUT2D eigenvalue weighted by Gasteiger charge is 2.40. The minimum Gasteiger partial charge on any atom is -0.487 e. The number of nitrogens with zero attached hydrogens (tertiary/aromatic N) is 4. The van der Waals surface area contributed by atoms with Crippen molar-refractivity contribution in [3.63, 3.8) is 0 Å². The highest BCUT2D eigenvalue weighted by atomic mass is 19.4. The van der Waals surface area contributed by atoms with Gasteiger partial charge in [-0.3, -0.25) is 9.69 Å². The van der Waals surface area contributed by atoms with Gasteiger partial charge in [-0.15, -0.1) is 0 Å². The van der Waals surface area contributed by atoms with E-state index < -0.39 is 12.1 Å². The molecule has 3 aliphatic rings. The van der Waals surface area contributed by atoms with Gasteiger partial charge in [0.2, 0.25) is 0 Å². The Balaban J connectivity index is 0.000000451. The van der Waals surface area contributed by atoms with E-state index in [0.29, 0.717) is 16.8 Å². The zero-order chi connectivity index (χ0) is 30.1. The van der Waals surface area contributed by atoms with Gasteiger partial charge in [0.15, 0.2) is 5.65 Å². The lowest BCUT2D eigenvalue weighted by atomic mass is 9.71. The van der Waals surface area contributed by atoms with Crippen molar-refractivity contribution in [1.29, 1.82) is 0 Å². The summed E-state index contributed by atoms with van der Waals surface area (Å²) < 4.78 is 38.0. The zero-order valence-corrected chi connectivity index (χ0v) is 23.8. The number of aromatic nitrogens is 2. The van der Waals surface area contributed by atoms with Crippen molar-refractivity contribution in [2.75, 3.05) is 26.2 Å². The Bertz CT molecular complexity index is 1460. The molecule has 0 atom stereocenters. The number of piperidine rings is 2. The molecule has 0 saturated carbocycles. The molecular weight excluding hydrogens is 549 g/mol. The van der Waals surface area contributed by atoms with Crippen molar-refractivity contribution in [2.24, 2.45) is 5.41 Å². The number of likely N-dealkylation sites (tertiary alicyclic amines) is 2. The molecule has 0 radical (unpaired) electrons. The molecule has 0 bridgehead atoms. The Kier molecular flexibility index (Phi) is 8.15. The number of halogens is 3. The molecule has 0 unspecified atom stereocenters. The van der Waals surface area contributed by atoms with Gasteiger partial charge < -0.3 is 14.7 Å². The van der Waals surface area contributed by atoms with E-state index in [2.05, 4.69) is 46.9 Å². The van der Waals surface area contributed by atoms with Gasteiger partial charge in [0.25, 0.3) is 5.91 Å². The van der Waals surface area contributed by atoms with Crippen molar-refractivity contribution in [1.82, 2.24) is 19.8 Å². The van der Waals surface area contributed by atoms with Crippen LogP contribution in [0.3, 0.4) is 0 Å². The number of aliphatic carboxylic acids is 1. The molecule has 42 heavy (non-hydrogen) atoms. The molecule has 1 spiro atoms. The summed E-state index contributed by atoms with van der Waals surface area (Å²) in [6, 6.07) is 14.2. The van der Waals surface area contributed by atoms with Crippen molar-refractivity contribution in [3.8, 4) is 5.75 Å². The van der Waals surface area contributed by atoms with Gasteiger partial charge in [0.1, 0.15) is 17.0 Å². The molecule has 6 rings (SSSR count). The first-order chi connectivity index (χ1) is 19.8. The summed E-state index contributed by atoms with van der Waals surface area (Å²) in [7, 11) is 0. The standard InChI is InChI=1S/C29H34N4O2.C2HF3O2/c1-28(2)19-22-5-3-6-23(25(22)35-28)20-32-15-10-29(11-16-32)12-17-33(18-13-29)27(34)24-9-8-21-7-4-14-30-26(21)31-24;3-2(4,5)1(6)7/h3-9,14H,10-13,15-20H2,1-2H3;(H,6,7). The first-order valence-electron chi connectivity index (χ1n) is 14.2. The summed E-state index contributed by atoms with van der Waals surface area (Å²) in [4.78, 5) is 35.4. The number of carbonyl (C=O) groups is 2. The summed E-state index contributed by atoms with van der Waals surface area (Å²) in [5.74, 6) is -1.61.